The fourth-order valence-electron chi connectivity index (χ4n) is 3.94. The second-order valence-corrected chi connectivity index (χ2v) is 9.22. The third kappa shape index (κ3) is 4.50. The molecular weight excluding hydrogens is 372 g/mol. The Hall–Kier alpha value is -2.05. The average molecular weight is 403 g/mol. The third-order valence-corrected chi connectivity index (χ3v) is 7.23. The van der Waals surface area contributed by atoms with Crippen molar-refractivity contribution in [2.45, 2.75) is 51.0 Å². The quantitative estimate of drug-likeness (QED) is 0.781. The minimum absolute atomic E-state index is 0.318. The number of benzene rings is 2. The standard InChI is InChI=1S/C22H30N2O3S/c1-16-14-21(27-4)15-17(2)22(16)28(25,26)23-18(3)19-8-10-20(11-9-19)24-12-6-5-7-13-24/h8-11,14-15,18,23H,5-7,12-13H2,1-4H3/t18-/m0/s1. The van der Waals surface area contributed by atoms with Gasteiger partial charge in [-0.25, -0.2) is 13.1 Å². The molecule has 5 nitrogen and oxygen atoms in total. The van der Waals surface area contributed by atoms with Gasteiger partial charge in [0.1, 0.15) is 5.75 Å². The molecule has 1 fully saturated rings. The highest BCUT2D eigenvalue weighted by Crippen LogP contribution is 2.28. The van der Waals surface area contributed by atoms with E-state index >= 15 is 0 Å². The summed E-state index contributed by atoms with van der Waals surface area (Å²) >= 11 is 0. The highest BCUT2D eigenvalue weighted by atomic mass is 32.2. The SMILES string of the molecule is COc1cc(C)c(S(=O)(=O)N[C@@H](C)c2ccc(N3CCCCC3)cc2)c(C)c1. The summed E-state index contributed by atoms with van der Waals surface area (Å²) in [6.07, 6.45) is 3.77. The lowest BCUT2D eigenvalue weighted by molar-refractivity contribution is 0.413. The predicted molar refractivity (Wildman–Crippen MR) is 114 cm³/mol. The summed E-state index contributed by atoms with van der Waals surface area (Å²) in [7, 11) is -2.06. The van der Waals surface area contributed by atoms with E-state index in [4.69, 9.17) is 4.74 Å². The lowest BCUT2D eigenvalue weighted by Gasteiger charge is -2.29. The van der Waals surface area contributed by atoms with Crippen LogP contribution in [-0.2, 0) is 10.0 Å². The normalized spacial score (nSPS) is 16.1. The molecule has 0 aliphatic carbocycles. The van der Waals surface area contributed by atoms with E-state index in [1.165, 1.54) is 24.9 Å². The maximum Gasteiger partial charge on any atom is 0.241 e. The number of anilines is 1. The molecule has 3 rings (SSSR count). The number of hydrogen-bond donors (Lipinski definition) is 1. The number of rotatable bonds is 6. The molecule has 0 saturated carbocycles. The van der Waals surface area contributed by atoms with Crippen LogP contribution in [0.5, 0.6) is 5.75 Å². The van der Waals surface area contributed by atoms with E-state index in [2.05, 4.69) is 21.8 Å². The smallest absolute Gasteiger partial charge is 0.241 e. The molecule has 1 atom stereocenters. The first kappa shape index (κ1) is 20.7. The van der Waals surface area contributed by atoms with E-state index in [1.54, 1.807) is 33.1 Å². The molecule has 152 valence electrons. The van der Waals surface area contributed by atoms with Gasteiger partial charge in [-0.1, -0.05) is 12.1 Å². The highest BCUT2D eigenvalue weighted by Gasteiger charge is 2.23. The zero-order chi connectivity index (χ0) is 20.3. The summed E-state index contributed by atoms with van der Waals surface area (Å²) in [5, 5.41) is 0. The van der Waals surface area contributed by atoms with Crippen molar-refractivity contribution < 1.29 is 13.2 Å². The van der Waals surface area contributed by atoms with Crippen LogP contribution in [0.25, 0.3) is 0 Å². The second kappa shape index (κ2) is 8.53. The molecule has 1 saturated heterocycles. The van der Waals surface area contributed by atoms with Crippen molar-refractivity contribution in [1.29, 1.82) is 0 Å². The summed E-state index contributed by atoms with van der Waals surface area (Å²) in [4.78, 5) is 2.72. The summed E-state index contributed by atoms with van der Waals surface area (Å²) in [6, 6.07) is 11.4. The van der Waals surface area contributed by atoms with Crippen molar-refractivity contribution in [2.24, 2.45) is 0 Å². The van der Waals surface area contributed by atoms with E-state index in [0.29, 0.717) is 21.8 Å². The Morgan fingerprint density at radius 3 is 2.11 bits per heavy atom. The van der Waals surface area contributed by atoms with Crippen molar-refractivity contribution in [2.75, 3.05) is 25.1 Å². The van der Waals surface area contributed by atoms with Crippen LogP contribution < -0.4 is 14.4 Å². The number of hydrogen-bond acceptors (Lipinski definition) is 4. The van der Waals surface area contributed by atoms with E-state index < -0.39 is 10.0 Å². The minimum Gasteiger partial charge on any atom is -0.497 e. The summed E-state index contributed by atoms with van der Waals surface area (Å²) in [5.41, 5.74) is 3.52. The maximum absolute atomic E-state index is 13.0. The van der Waals surface area contributed by atoms with Crippen molar-refractivity contribution >= 4 is 15.7 Å². The molecule has 0 spiro atoms. The molecule has 2 aromatic carbocycles. The Morgan fingerprint density at radius 2 is 1.57 bits per heavy atom. The number of piperidine rings is 1. The molecule has 0 bridgehead atoms. The molecule has 6 heteroatoms. The van der Waals surface area contributed by atoms with Gasteiger partial charge in [-0.2, -0.15) is 0 Å². The Kier molecular flexibility index (Phi) is 6.30. The number of ether oxygens (including phenoxy) is 1. The van der Waals surface area contributed by atoms with Crippen LogP contribution in [-0.4, -0.2) is 28.6 Å². The first-order valence-corrected chi connectivity index (χ1v) is 11.3. The van der Waals surface area contributed by atoms with Gasteiger partial charge in [-0.15, -0.1) is 0 Å². The van der Waals surface area contributed by atoms with Crippen LogP contribution in [0.4, 0.5) is 5.69 Å². The van der Waals surface area contributed by atoms with Gasteiger partial charge in [0, 0.05) is 24.8 Å². The van der Waals surface area contributed by atoms with Gasteiger partial charge in [-0.05, 0) is 81.0 Å². The van der Waals surface area contributed by atoms with Crippen LogP contribution in [0.15, 0.2) is 41.3 Å². The lowest BCUT2D eigenvalue weighted by Crippen LogP contribution is -2.30. The van der Waals surface area contributed by atoms with Crippen molar-refractivity contribution in [3.05, 3.63) is 53.1 Å². The van der Waals surface area contributed by atoms with Crippen molar-refractivity contribution in [1.82, 2.24) is 4.72 Å². The van der Waals surface area contributed by atoms with E-state index in [-0.39, 0.29) is 6.04 Å². The molecule has 1 heterocycles. The Balaban J connectivity index is 1.77. The molecule has 28 heavy (non-hydrogen) atoms. The molecule has 2 aromatic rings. The van der Waals surface area contributed by atoms with E-state index in [1.807, 2.05) is 19.1 Å². The van der Waals surface area contributed by atoms with Crippen LogP contribution in [0.1, 0.15) is 48.9 Å². The topological polar surface area (TPSA) is 58.6 Å². The molecule has 0 radical (unpaired) electrons. The molecule has 0 amide bonds. The average Bonchev–Trinajstić information content (AvgIpc) is 2.67. The van der Waals surface area contributed by atoms with Crippen molar-refractivity contribution in [3.8, 4) is 5.75 Å². The zero-order valence-corrected chi connectivity index (χ0v) is 18.0. The first-order chi connectivity index (χ1) is 13.3. The zero-order valence-electron chi connectivity index (χ0n) is 17.2. The molecule has 1 aliphatic heterocycles. The highest BCUT2D eigenvalue weighted by molar-refractivity contribution is 7.89. The van der Waals surface area contributed by atoms with Crippen LogP contribution in [0.2, 0.25) is 0 Å². The van der Waals surface area contributed by atoms with Crippen LogP contribution in [0, 0.1) is 13.8 Å². The minimum atomic E-state index is -3.64. The molecule has 0 aromatic heterocycles. The van der Waals surface area contributed by atoms with Gasteiger partial charge in [-0.3, -0.25) is 0 Å². The van der Waals surface area contributed by atoms with Gasteiger partial charge in [0.2, 0.25) is 10.0 Å². The number of aryl methyl sites for hydroxylation is 2. The molecule has 1 N–H and O–H groups in total. The van der Waals surface area contributed by atoms with Crippen molar-refractivity contribution in [3.63, 3.8) is 0 Å². The number of sulfonamides is 1. The lowest BCUT2D eigenvalue weighted by atomic mass is 10.1. The number of methoxy groups -OCH3 is 1. The first-order valence-electron chi connectivity index (χ1n) is 9.84. The van der Waals surface area contributed by atoms with E-state index in [0.717, 1.165) is 18.7 Å². The monoisotopic (exact) mass is 402 g/mol. The largest absolute Gasteiger partial charge is 0.497 e. The predicted octanol–water partition coefficient (Wildman–Crippen LogP) is 4.34. The van der Waals surface area contributed by atoms with Gasteiger partial charge in [0.25, 0.3) is 0 Å². The van der Waals surface area contributed by atoms with Crippen LogP contribution >= 0.6 is 0 Å². The fraction of sp³-hybridized carbons (Fsp3) is 0.455. The Morgan fingerprint density at radius 1 is 1.00 bits per heavy atom. The molecule has 0 unspecified atom stereocenters. The second-order valence-electron chi connectivity index (χ2n) is 7.57. The van der Waals surface area contributed by atoms with Gasteiger partial charge in [0.15, 0.2) is 0 Å². The summed E-state index contributed by atoms with van der Waals surface area (Å²) in [5.74, 6) is 0.662. The molecule has 1 aliphatic rings. The number of nitrogens with zero attached hydrogens (tertiary/aromatic N) is 1. The fourth-order valence-corrected chi connectivity index (χ4v) is 5.62. The Bertz CT molecular complexity index is 894. The summed E-state index contributed by atoms with van der Waals surface area (Å²) < 4.78 is 34.1. The number of nitrogens with one attached hydrogen (secondary N) is 1. The Labute approximate surface area is 168 Å². The van der Waals surface area contributed by atoms with Gasteiger partial charge < -0.3 is 9.64 Å². The maximum atomic E-state index is 13.0. The third-order valence-electron chi connectivity index (χ3n) is 5.38. The van der Waals surface area contributed by atoms with E-state index in [9.17, 15) is 8.42 Å². The van der Waals surface area contributed by atoms with Gasteiger partial charge in [0.05, 0.1) is 12.0 Å². The summed E-state index contributed by atoms with van der Waals surface area (Å²) in [6.45, 7) is 7.65. The molecular formula is C22H30N2O3S. The van der Waals surface area contributed by atoms with Gasteiger partial charge >= 0.3 is 0 Å². The van der Waals surface area contributed by atoms with Crippen LogP contribution in [0.3, 0.4) is 0 Å².